The van der Waals surface area contributed by atoms with Crippen molar-refractivity contribution in [2.45, 2.75) is 0 Å². The molecule has 1 aliphatic rings. The van der Waals surface area contributed by atoms with Crippen molar-refractivity contribution < 1.29 is 18.4 Å². The third-order valence-corrected chi connectivity index (χ3v) is 3.54. The van der Waals surface area contributed by atoms with Crippen molar-refractivity contribution in [2.24, 2.45) is 0 Å². The van der Waals surface area contributed by atoms with Crippen LogP contribution < -0.4 is 15.5 Å². The minimum Gasteiger partial charge on any atom is -0.353 e. The third-order valence-electron chi connectivity index (χ3n) is 3.54. The number of nitrogens with zero attached hydrogens (tertiary/aromatic N) is 2. The number of carbonyl (C=O) groups is 2. The average Bonchev–Trinajstić information content (AvgIpc) is 2.57. The number of nitrogens with one attached hydrogen (secondary N) is 2. The second-order valence-corrected chi connectivity index (χ2v) is 5.25. The number of halogens is 2. The molecule has 1 saturated heterocycles. The van der Waals surface area contributed by atoms with Crippen LogP contribution >= 0.6 is 0 Å². The summed E-state index contributed by atoms with van der Waals surface area (Å²) in [5.74, 6) is -1.75. The first kappa shape index (κ1) is 15.9. The molecule has 0 radical (unpaired) electrons. The highest BCUT2D eigenvalue weighted by atomic mass is 19.1. The van der Waals surface area contributed by atoms with Crippen LogP contribution in [0.5, 0.6) is 0 Å². The molecule has 0 aliphatic carbocycles. The molecular formula is C16H14F2N4O2. The van der Waals surface area contributed by atoms with E-state index in [4.69, 9.17) is 0 Å². The van der Waals surface area contributed by atoms with Crippen LogP contribution in [0.1, 0.15) is 10.4 Å². The molecule has 2 aromatic rings. The van der Waals surface area contributed by atoms with Gasteiger partial charge < -0.3 is 15.5 Å². The first-order valence-electron chi connectivity index (χ1n) is 7.27. The SMILES string of the molecule is O=C1CN(c2ccc(NC(=O)c3cc(F)ccc3F)cn2)CCN1. The summed E-state index contributed by atoms with van der Waals surface area (Å²) in [7, 11) is 0. The van der Waals surface area contributed by atoms with Gasteiger partial charge in [0.05, 0.1) is 24.0 Å². The first-order valence-corrected chi connectivity index (χ1v) is 7.27. The maximum atomic E-state index is 13.6. The molecule has 0 bridgehead atoms. The molecule has 1 aromatic carbocycles. The summed E-state index contributed by atoms with van der Waals surface area (Å²) in [5, 5.41) is 5.17. The van der Waals surface area contributed by atoms with Crippen molar-refractivity contribution in [1.82, 2.24) is 10.3 Å². The summed E-state index contributed by atoms with van der Waals surface area (Å²) in [4.78, 5) is 29.4. The van der Waals surface area contributed by atoms with Crippen LogP contribution in [-0.4, -0.2) is 36.4 Å². The minimum absolute atomic E-state index is 0.0815. The van der Waals surface area contributed by atoms with Gasteiger partial charge in [-0.1, -0.05) is 0 Å². The minimum atomic E-state index is -0.808. The highest BCUT2D eigenvalue weighted by Crippen LogP contribution is 2.17. The van der Waals surface area contributed by atoms with Gasteiger partial charge in [0.1, 0.15) is 17.5 Å². The van der Waals surface area contributed by atoms with E-state index in [0.29, 0.717) is 24.6 Å². The lowest BCUT2D eigenvalue weighted by molar-refractivity contribution is -0.120. The van der Waals surface area contributed by atoms with Crippen molar-refractivity contribution in [2.75, 3.05) is 29.9 Å². The number of aromatic nitrogens is 1. The zero-order valence-corrected chi connectivity index (χ0v) is 12.6. The smallest absolute Gasteiger partial charge is 0.258 e. The number of rotatable bonds is 3. The standard InChI is InChI=1S/C16H14F2N4O2/c17-10-1-3-13(18)12(7-10)16(24)21-11-2-4-14(20-8-11)22-6-5-19-15(23)9-22/h1-4,7-8H,5-6,9H2,(H,19,23)(H,21,24). The fraction of sp³-hybridized carbons (Fsp3) is 0.188. The number of anilines is 2. The monoisotopic (exact) mass is 332 g/mol. The van der Waals surface area contributed by atoms with Gasteiger partial charge in [-0.05, 0) is 30.3 Å². The Labute approximate surface area is 136 Å². The Morgan fingerprint density at radius 1 is 1.25 bits per heavy atom. The van der Waals surface area contributed by atoms with Gasteiger partial charge in [-0.25, -0.2) is 13.8 Å². The predicted molar refractivity (Wildman–Crippen MR) is 83.8 cm³/mol. The Kier molecular flexibility index (Phi) is 4.37. The molecule has 2 amide bonds. The number of amides is 2. The van der Waals surface area contributed by atoms with E-state index in [0.717, 1.165) is 18.2 Å². The van der Waals surface area contributed by atoms with Gasteiger partial charge in [-0.3, -0.25) is 9.59 Å². The third kappa shape index (κ3) is 3.48. The topological polar surface area (TPSA) is 74.3 Å². The Hall–Kier alpha value is -3.03. The second-order valence-electron chi connectivity index (χ2n) is 5.25. The van der Waals surface area contributed by atoms with Crippen LogP contribution in [0.4, 0.5) is 20.3 Å². The van der Waals surface area contributed by atoms with E-state index in [9.17, 15) is 18.4 Å². The van der Waals surface area contributed by atoms with Crippen LogP contribution in [0, 0.1) is 11.6 Å². The van der Waals surface area contributed by atoms with E-state index < -0.39 is 17.5 Å². The number of hydrogen-bond donors (Lipinski definition) is 2. The molecule has 8 heteroatoms. The van der Waals surface area contributed by atoms with Crippen molar-refractivity contribution in [1.29, 1.82) is 0 Å². The number of benzene rings is 1. The Morgan fingerprint density at radius 2 is 2.08 bits per heavy atom. The lowest BCUT2D eigenvalue weighted by atomic mass is 10.2. The molecule has 124 valence electrons. The van der Waals surface area contributed by atoms with Gasteiger partial charge in [0, 0.05) is 13.1 Å². The molecule has 6 nitrogen and oxygen atoms in total. The van der Waals surface area contributed by atoms with E-state index in [1.54, 1.807) is 17.0 Å². The largest absolute Gasteiger partial charge is 0.353 e. The van der Waals surface area contributed by atoms with Crippen LogP contribution in [0.15, 0.2) is 36.5 Å². The van der Waals surface area contributed by atoms with Gasteiger partial charge in [-0.2, -0.15) is 0 Å². The van der Waals surface area contributed by atoms with Gasteiger partial charge in [0.15, 0.2) is 0 Å². The van der Waals surface area contributed by atoms with E-state index >= 15 is 0 Å². The van der Waals surface area contributed by atoms with E-state index in [-0.39, 0.29) is 18.0 Å². The zero-order valence-electron chi connectivity index (χ0n) is 12.6. The van der Waals surface area contributed by atoms with Gasteiger partial charge in [0.2, 0.25) is 5.91 Å². The molecule has 2 N–H and O–H groups in total. The molecule has 2 heterocycles. The normalized spacial score (nSPS) is 14.2. The maximum Gasteiger partial charge on any atom is 0.258 e. The highest BCUT2D eigenvalue weighted by Gasteiger charge is 2.18. The quantitative estimate of drug-likeness (QED) is 0.894. The fourth-order valence-corrected chi connectivity index (χ4v) is 2.35. The van der Waals surface area contributed by atoms with Crippen LogP contribution in [0.25, 0.3) is 0 Å². The number of piperazine rings is 1. The molecule has 1 fully saturated rings. The molecule has 0 atom stereocenters. The summed E-state index contributed by atoms with van der Waals surface area (Å²) in [6, 6.07) is 5.91. The van der Waals surface area contributed by atoms with Gasteiger partial charge in [-0.15, -0.1) is 0 Å². The highest BCUT2D eigenvalue weighted by molar-refractivity contribution is 6.04. The first-order chi connectivity index (χ1) is 11.5. The summed E-state index contributed by atoms with van der Waals surface area (Å²) in [6.45, 7) is 1.39. The van der Waals surface area contributed by atoms with E-state index in [2.05, 4.69) is 15.6 Å². The Balaban J connectivity index is 1.71. The van der Waals surface area contributed by atoms with Crippen molar-refractivity contribution >= 4 is 23.3 Å². The molecule has 3 rings (SSSR count). The van der Waals surface area contributed by atoms with E-state index in [1.165, 1.54) is 6.20 Å². The Bertz CT molecular complexity index is 780. The molecule has 0 spiro atoms. The molecule has 0 unspecified atom stereocenters. The van der Waals surface area contributed by atoms with Gasteiger partial charge in [0.25, 0.3) is 5.91 Å². The fourth-order valence-electron chi connectivity index (χ4n) is 2.35. The number of pyridine rings is 1. The van der Waals surface area contributed by atoms with E-state index in [1.807, 2.05) is 0 Å². The molecular weight excluding hydrogens is 318 g/mol. The molecule has 0 saturated carbocycles. The van der Waals surface area contributed by atoms with Crippen molar-refractivity contribution in [3.63, 3.8) is 0 Å². The van der Waals surface area contributed by atoms with Crippen molar-refractivity contribution in [3.8, 4) is 0 Å². The van der Waals surface area contributed by atoms with Crippen LogP contribution in [0.2, 0.25) is 0 Å². The Morgan fingerprint density at radius 3 is 2.79 bits per heavy atom. The lowest BCUT2D eigenvalue weighted by Gasteiger charge is -2.27. The lowest BCUT2D eigenvalue weighted by Crippen LogP contribution is -2.48. The second kappa shape index (κ2) is 6.61. The predicted octanol–water partition coefficient (Wildman–Crippen LogP) is 1.55. The summed E-state index contributed by atoms with van der Waals surface area (Å²) < 4.78 is 26.7. The molecule has 1 aromatic heterocycles. The average molecular weight is 332 g/mol. The van der Waals surface area contributed by atoms with Gasteiger partial charge >= 0.3 is 0 Å². The summed E-state index contributed by atoms with van der Waals surface area (Å²) >= 11 is 0. The summed E-state index contributed by atoms with van der Waals surface area (Å²) in [6.07, 6.45) is 1.40. The van der Waals surface area contributed by atoms with Crippen LogP contribution in [0.3, 0.4) is 0 Å². The van der Waals surface area contributed by atoms with Crippen molar-refractivity contribution in [3.05, 3.63) is 53.7 Å². The van der Waals surface area contributed by atoms with Crippen LogP contribution in [-0.2, 0) is 4.79 Å². The number of hydrogen-bond acceptors (Lipinski definition) is 4. The number of carbonyl (C=O) groups excluding carboxylic acids is 2. The zero-order chi connectivity index (χ0) is 17.1. The molecule has 24 heavy (non-hydrogen) atoms. The summed E-state index contributed by atoms with van der Waals surface area (Å²) in [5.41, 5.74) is -0.0411. The molecule has 1 aliphatic heterocycles. The maximum absolute atomic E-state index is 13.6.